The van der Waals surface area contributed by atoms with Crippen LogP contribution < -0.4 is 15.2 Å². The monoisotopic (exact) mass is 279 g/mol. The number of thioether (sulfide) groups is 1. The highest BCUT2D eigenvalue weighted by Crippen LogP contribution is 2.34. The maximum Gasteiger partial charge on any atom is 0.231 e. The number of fused-ring (bicyclic) bond motifs is 1. The highest BCUT2D eigenvalue weighted by atomic mass is 32.2. The number of carbonyl (C=O) groups excluding carboxylic acids is 1. The van der Waals surface area contributed by atoms with Gasteiger partial charge in [-0.3, -0.25) is 4.79 Å². The largest absolute Gasteiger partial charge is 0.454 e. The molecule has 2 N–H and O–H groups in total. The van der Waals surface area contributed by atoms with Crippen LogP contribution in [0.5, 0.6) is 11.5 Å². The van der Waals surface area contributed by atoms with Crippen molar-refractivity contribution in [3.8, 4) is 17.2 Å². The number of amides is 1. The molecule has 0 aliphatic carbocycles. The molecule has 9 heteroatoms. The molecule has 0 saturated heterocycles. The van der Waals surface area contributed by atoms with Gasteiger partial charge in [-0.1, -0.05) is 11.8 Å². The molecule has 1 aromatic heterocycles. The predicted octanol–water partition coefficient (Wildman–Crippen LogP) is -0.0316. The Bertz CT molecular complexity index is 629. The number of nitrogens with zero attached hydrogens (tertiary/aromatic N) is 4. The van der Waals surface area contributed by atoms with E-state index in [1.54, 1.807) is 18.2 Å². The lowest BCUT2D eigenvalue weighted by atomic mass is 10.3. The Morgan fingerprint density at radius 3 is 3.11 bits per heavy atom. The van der Waals surface area contributed by atoms with E-state index in [2.05, 4.69) is 15.5 Å². The number of benzene rings is 1. The van der Waals surface area contributed by atoms with E-state index < -0.39 is 5.91 Å². The summed E-state index contributed by atoms with van der Waals surface area (Å²) in [6.07, 6.45) is 0. The van der Waals surface area contributed by atoms with E-state index in [4.69, 9.17) is 15.2 Å². The first-order chi connectivity index (χ1) is 9.24. The molecule has 1 aromatic carbocycles. The average molecular weight is 279 g/mol. The molecule has 1 aliphatic rings. The van der Waals surface area contributed by atoms with Crippen LogP contribution in [0.25, 0.3) is 5.69 Å². The third-order valence-corrected chi connectivity index (χ3v) is 3.33. The summed E-state index contributed by atoms with van der Waals surface area (Å²) in [5.41, 5.74) is 5.82. The SMILES string of the molecule is NC(=O)CSc1nnnn1-c1ccc2c(c1)OCO2. The minimum absolute atomic E-state index is 0.116. The molecule has 3 rings (SSSR count). The van der Waals surface area contributed by atoms with E-state index >= 15 is 0 Å². The number of aromatic nitrogens is 4. The third-order valence-electron chi connectivity index (χ3n) is 2.39. The summed E-state index contributed by atoms with van der Waals surface area (Å²) in [7, 11) is 0. The van der Waals surface area contributed by atoms with Crippen molar-refractivity contribution in [1.82, 2.24) is 20.2 Å². The highest BCUT2D eigenvalue weighted by Gasteiger charge is 2.16. The van der Waals surface area contributed by atoms with E-state index in [0.29, 0.717) is 16.7 Å². The molecule has 0 atom stereocenters. The van der Waals surface area contributed by atoms with Crippen LogP contribution in [-0.2, 0) is 4.79 Å². The number of ether oxygens (including phenoxy) is 2. The fraction of sp³-hybridized carbons (Fsp3) is 0.200. The number of carbonyl (C=O) groups is 1. The van der Waals surface area contributed by atoms with Crippen LogP contribution >= 0.6 is 11.8 Å². The van der Waals surface area contributed by atoms with Gasteiger partial charge < -0.3 is 15.2 Å². The van der Waals surface area contributed by atoms with Crippen molar-refractivity contribution in [2.45, 2.75) is 5.16 Å². The zero-order valence-corrected chi connectivity index (χ0v) is 10.5. The second kappa shape index (κ2) is 4.76. The fourth-order valence-electron chi connectivity index (χ4n) is 1.58. The maximum atomic E-state index is 10.8. The Labute approximate surface area is 111 Å². The number of hydrogen-bond acceptors (Lipinski definition) is 7. The Morgan fingerprint density at radius 2 is 2.26 bits per heavy atom. The van der Waals surface area contributed by atoms with E-state index in [1.807, 2.05) is 0 Å². The van der Waals surface area contributed by atoms with E-state index in [9.17, 15) is 4.79 Å². The van der Waals surface area contributed by atoms with Crippen LogP contribution in [0.1, 0.15) is 0 Å². The van der Waals surface area contributed by atoms with Crippen LogP contribution in [0.2, 0.25) is 0 Å². The second-order valence-corrected chi connectivity index (χ2v) is 4.61. The highest BCUT2D eigenvalue weighted by molar-refractivity contribution is 7.99. The molecule has 0 spiro atoms. The van der Waals surface area contributed by atoms with Gasteiger partial charge in [0.05, 0.1) is 11.4 Å². The molecule has 8 nitrogen and oxygen atoms in total. The van der Waals surface area contributed by atoms with Crippen LogP contribution in [0, 0.1) is 0 Å². The average Bonchev–Trinajstić information content (AvgIpc) is 3.04. The molecular formula is C10H9N5O3S. The molecule has 0 radical (unpaired) electrons. The molecular weight excluding hydrogens is 270 g/mol. The molecule has 19 heavy (non-hydrogen) atoms. The molecule has 0 saturated carbocycles. The Morgan fingerprint density at radius 1 is 1.42 bits per heavy atom. The minimum Gasteiger partial charge on any atom is -0.454 e. The zero-order valence-electron chi connectivity index (χ0n) is 9.65. The van der Waals surface area contributed by atoms with Crippen LogP contribution in [0.15, 0.2) is 23.4 Å². The van der Waals surface area contributed by atoms with Crippen LogP contribution in [-0.4, -0.2) is 38.7 Å². The summed E-state index contributed by atoms with van der Waals surface area (Å²) in [5, 5.41) is 11.8. The summed E-state index contributed by atoms with van der Waals surface area (Å²) in [4.78, 5) is 10.8. The standard InChI is InChI=1S/C10H9N5O3S/c11-9(16)4-19-10-12-13-14-15(10)6-1-2-7-8(3-6)18-5-17-7/h1-3H,4-5H2,(H2,11,16). The molecule has 2 aromatic rings. The van der Waals surface area contributed by atoms with E-state index in [0.717, 1.165) is 5.69 Å². The lowest BCUT2D eigenvalue weighted by molar-refractivity contribution is -0.115. The fourth-order valence-corrected chi connectivity index (χ4v) is 2.21. The molecule has 0 unspecified atom stereocenters. The Hall–Kier alpha value is -2.29. The summed E-state index contributed by atoms with van der Waals surface area (Å²) in [6.45, 7) is 0.206. The third kappa shape index (κ3) is 2.32. The number of nitrogens with two attached hydrogens (primary N) is 1. The molecule has 0 fully saturated rings. The van der Waals surface area contributed by atoms with Crippen molar-refractivity contribution in [1.29, 1.82) is 0 Å². The molecule has 1 amide bonds. The predicted molar refractivity (Wildman–Crippen MR) is 65.2 cm³/mol. The van der Waals surface area contributed by atoms with Gasteiger partial charge in [0.25, 0.3) is 0 Å². The maximum absolute atomic E-state index is 10.8. The summed E-state index contributed by atoms with van der Waals surface area (Å²) in [6, 6.07) is 5.35. The second-order valence-electron chi connectivity index (χ2n) is 3.67. The number of hydrogen-bond donors (Lipinski definition) is 1. The molecule has 1 aliphatic heterocycles. The summed E-state index contributed by atoms with van der Waals surface area (Å²) >= 11 is 1.17. The van der Waals surface area contributed by atoms with Crippen molar-refractivity contribution in [2.24, 2.45) is 5.73 Å². The summed E-state index contributed by atoms with van der Waals surface area (Å²) in [5.74, 6) is 1.01. The minimum atomic E-state index is -0.426. The van der Waals surface area contributed by atoms with Gasteiger partial charge in [-0.05, 0) is 22.6 Å². The van der Waals surface area contributed by atoms with Gasteiger partial charge in [-0.25, -0.2) is 0 Å². The van der Waals surface area contributed by atoms with E-state index in [1.165, 1.54) is 16.4 Å². The van der Waals surface area contributed by atoms with Crippen molar-refractivity contribution >= 4 is 17.7 Å². The van der Waals surface area contributed by atoms with Gasteiger partial charge >= 0.3 is 0 Å². The first-order valence-electron chi connectivity index (χ1n) is 5.33. The number of primary amides is 1. The van der Waals surface area contributed by atoms with Crippen molar-refractivity contribution in [2.75, 3.05) is 12.5 Å². The lowest BCUT2D eigenvalue weighted by Gasteiger charge is -2.04. The quantitative estimate of drug-likeness (QED) is 0.783. The molecule has 98 valence electrons. The normalized spacial score (nSPS) is 12.6. The molecule has 0 bridgehead atoms. The van der Waals surface area contributed by atoms with Gasteiger partial charge in [0.1, 0.15) is 0 Å². The number of rotatable bonds is 4. The Kier molecular flexibility index (Phi) is 2.95. The lowest BCUT2D eigenvalue weighted by Crippen LogP contribution is -2.13. The van der Waals surface area contributed by atoms with Gasteiger partial charge in [0, 0.05) is 6.07 Å². The van der Waals surface area contributed by atoms with Crippen molar-refractivity contribution < 1.29 is 14.3 Å². The van der Waals surface area contributed by atoms with E-state index in [-0.39, 0.29) is 12.5 Å². The smallest absolute Gasteiger partial charge is 0.231 e. The topological polar surface area (TPSA) is 105 Å². The van der Waals surface area contributed by atoms with Crippen molar-refractivity contribution in [3.63, 3.8) is 0 Å². The first kappa shape index (κ1) is 11.8. The summed E-state index contributed by atoms with van der Waals surface area (Å²) < 4.78 is 12.0. The van der Waals surface area contributed by atoms with Gasteiger partial charge in [-0.2, -0.15) is 4.68 Å². The van der Waals surface area contributed by atoms with Crippen molar-refractivity contribution in [3.05, 3.63) is 18.2 Å². The van der Waals surface area contributed by atoms with Gasteiger partial charge in [0.15, 0.2) is 11.5 Å². The Balaban J connectivity index is 1.90. The number of tetrazole rings is 1. The first-order valence-corrected chi connectivity index (χ1v) is 6.32. The van der Waals surface area contributed by atoms with Gasteiger partial charge in [0.2, 0.25) is 17.9 Å². The van der Waals surface area contributed by atoms with Gasteiger partial charge in [-0.15, -0.1) is 5.10 Å². The molecule has 2 heterocycles. The van der Waals surface area contributed by atoms with Crippen LogP contribution in [0.4, 0.5) is 0 Å². The zero-order chi connectivity index (χ0) is 13.2. The van der Waals surface area contributed by atoms with Crippen LogP contribution in [0.3, 0.4) is 0 Å².